The molecule has 0 amide bonds. The number of ether oxygens (including phenoxy) is 3. The fourth-order valence-corrected chi connectivity index (χ4v) is 3.74. The molecule has 3 aliphatic heterocycles. The van der Waals surface area contributed by atoms with Gasteiger partial charge in [-0.15, -0.1) is 0 Å². The van der Waals surface area contributed by atoms with Crippen molar-refractivity contribution in [2.75, 3.05) is 33.5 Å². The van der Waals surface area contributed by atoms with Gasteiger partial charge in [-0.25, -0.2) is 0 Å². The highest BCUT2D eigenvalue weighted by atomic mass is 16.6. The summed E-state index contributed by atoms with van der Waals surface area (Å²) in [6, 6.07) is 6.26. The quantitative estimate of drug-likeness (QED) is 0.779. The Morgan fingerprint density at radius 1 is 1.09 bits per heavy atom. The van der Waals surface area contributed by atoms with Gasteiger partial charge in [-0.3, -0.25) is 9.69 Å². The van der Waals surface area contributed by atoms with E-state index in [0.29, 0.717) is 31.0 Å². The normalized spacial score (nSPS) is 30.9. The molecular weight excluding hydrogens is 282 g/mol. The second-order valence-corrected chi connectivity index (χ2v) is 6.40. The van der Waals surface area contributed by atoms with E-state index in [1.807, 2.05) is 18.2 Å². The number of likely N-dealkylation sites (N-methyl/N-ethyl adjacent to an activating group) is 1. The molecule has 22 heavy (non-hydrogen) atoms. The van der Waals surface area contributed by atoms with Crippen molar-refractivity contribution in [1.82, 2.24) is 4.90 Å². The third-order valence-electron chi connectivity index (χ3n) is 5.08. The molecule has 1 aromatic rings. The van der Waals surface area contributed by atoms with Gasteiger partial charge in [0, 0.05) is 23.6 Å². The van der Waals surface area contributed by atoms with Crippen LogP contribution in [-0.4, -0.2) is 56.2 Å². The Kier molecular flexibility index (Phi) is 3.54. The van der Waals surface area contributed by atoms with Crippen molar-refractivity contribution in [3.05, 3.63) is 23.8 Å². The fourth-order valence-electron chi connectivity index (χ4n) is 3.74. The number of hydrogen-bond acceptors (Lipinski definition) is 5. The van der Waals surface area contributed by atoms with Crippen molar-refractivity contribution >= 4 is 5.78 Å². The summed E-state index contributed by atoms with van der Waals surface area (Å²) < 4.78 is 16.7. The van der Waals surface area contributed by atoms with Gasteiger partial charge in [0.15, 0.2) is 17.3 Å². The number of fused-ring (bicyclic) bond motifs is 3. The zero-order valence-corrected chi connectivity index (χ0v) is 12.8. The van der Waals surface area contributed by atoms with Gasteiger partial charge in [0.25, 0.3) is 0 Å². The molecule has 0 spiro atoms. The molecule has 0 N–H and O–H groups in total. The van der Waals surface area contributed by atoms with Gasteiger partial charge in [0.2, 0.25) is 0 Å². The number of morpholine rings is 1. The summed E-state index contributed by atoms with van der Waals surface area (Å²) in [5.74, 6) is 1.73. The topological polar surface area (TPSA) is 48.0 Å². The summed E-state index contributed by atoms with van der Waals surface area (Å²) in [6.07, 6.45) is 1.75. The SMILES string of the molecule is CN1C2COCC1CC(C(=O)c1ccc3c(c1)OCCO3)C2. The predicted octanol–water partition coefficient (Wildman–Crippen LogP) is 1.75. The molecule has 2 unspecified atom stereocenters. The predicted molar refractivity (Wildman–Crippen MR) is 80.6 cm³/mol. The Morgan fingerprint density at radius 3 is 2.50 bits per heavy atom. The lowest BCUT2D eigenvalue weighted by Crippen LogP contribution is -2.55. The lowest BCUT2D eigenvalue weighted by atomic mass is 9.81. The van der Waals surface area contributed by atoms with Crippen LogP contribution < -0.4 is 9.47 Å². The van der Waals surface area contributed by atoms with Crippen molar-refractivity contribution in [2.24, 2.45) is 5.92 Å². The summed E-state index contributed by atoms with van der Waals surface area (Å²) >= 11 is 0. The Hall–Kier alpha value is -1.59. The summed E-state index contributed by atoms with van der Waals surface area (Å²) in [7, 11) is 2.14. The van der Waals surface area contributed by atoms with E-state index >= 15 is 0 Å². The van der Waals surface area contributed by atoms with Gasteiger partial charge in [-0.05, 0) is 38.1 Å². The van der Waals surface area contributed by atoms with Crippen LogP contribution in [0.2, 0.25) is 0 Å². The second kappa shape index (κ2) is 5.56. The Labute approximate surface area is 130 Å². The van der Waals surface area contributed by atoms with Crippen molar-refractivity contribution in [1.29, 1.82) is 0 Å². The summed E-state index contributed by atoms with van der Waals surface area (Å²) in [5, 5.41) is 0. The third kappa shape index (κ3) is 2.38. The zero-order chi connectivity index (χ0) is 15.1. The van der Waals surface area contributed by atoms with Gasteiger partial charge in [-0.2, -0.15) is 0 Å². The summed E-state index contributed by atoms with van der Waals surface area (Å²) in [6.45, 7) is 2.58. The highest BCUT2D eigenvalue weighted by molar-refractivity contribution is 5.98. The molecule has 3 aliphatic rings. The lowest BCUT2D eigenvalue weighted by molar-refractivity contribution is -0.0702. The Bertz CT molecular complexity index is 574. The van der Waals surface area contributed by atoms with Crippen LogP contribution in [0.5, 0.6) is 11.5 Å². The largest absolute Gasteiger partial charge is 0.486 e. The van der Waals surface area contributed by atoms with Crippen LogP contribution in [0.1, 0.15) is 23.2 Å². The first-order valence-corrected chi connectivity index (χ1v) is 7.96. The molecule has 0 saturated carbocycles. The molecule has 4 rings (SSSR count). The van der Waals surface area contributed by atoms with Crippen LogP contribution in [-0.2, 0) is 4.74 Å². The average molecular weight is 303 g/mol. The van der Waals surface area contributed by atoms with Crippen LogP contribution in [0.15, 0.2) is 18.2 Å². The van der Waals surface area contributed by atoms with E-state index in [1.54, 1.807) is 0 Å². The molecule has 2 saturated heterocycles. The standard InChI is InChI=1S/C17H21NO4/c1-18-13-6-12(7-14(18)10-20-9-13)17(19)11-2-3-15-16(8-11)22-5-4-21-15/h2-3,8,12-14H,4-7,9-10H2,1H3. The van der Waals surface area contributed by atoms with Crippen molar-refractivity contribution in [3.8, 4) is 11.5 Å². The molecule has 5 nitrogen and oxygen atoms in total. The first kappa shape index (κ1) is 14.0. The molecule has 0 aliphatic carbocycles. The van der Waals surface area contributed by atoms with E-state index in [9.17, 15) is 4.79 Å². The number of piperidine rings is 1. The molecule has 2 bridgehead atoms. The number of rotatable bonds is 2. The van der Waals surface area contributed by atoms with Crippen LogP contribution in [0.25, 0.3) is 0 Å². The maximum atomic E-state index is 12.9. The number of ketones is 1. The van der Waals surface area contributed by atoms with Gasteiger partial charge in [-0.1, -0.05) is 0 Å². The maximum absolute atomic E-state index is 12.9. The Balaban J connectivity index is 1.54. The van der Waals surface area contributed by atoms with Crippen LogP contribution in [0.4, 0.5) is 0 Å². The first-order valence-electron chi connectivity index (χ1n) is 7.96. The molecular formula is C17H21NO4. The van der Waals surface area contributed by atoms with Crippen LogP contribution in [0, 0.1) is 5.92 Å². The van der Waals surface area contributed by atoms with Gasteiger partial charge in [0.05, 0.1) is 13.2 Å². The number of benzene rings is 1. The molecule has 118 valence electrons. The lowest BCUT2D eigenvalue weighted by Gasteiger charge is -2.46. The zero-order valence-electron chi connectivity index (χ0n) is 12.8. The maximum Gasteiger partial charge on any atom is 0.166 e. The second-order valence-electron chi connectivity index (χ2n) is 6.40. The first-order chi connectivity index (χ1) is 10.7. The van der Waals surface area contributed by atoms with E-state index < -0.39 is 0 Å². The number of carbonyl (C=O) groups is 1. The van der Waals surface area contributed by atoms with Crippen LogP contribution in [0.3, 0.4) is 0 Å². The number of nitrogens with zero attached hydrogens (tertiary/aromatic N) is 1. The van der Waals surface area contributed by atoms with E-state index in [4.69, 9.17) is 14.2 Å². The minimum Gasteiger partial charge on any atom is -0.486 e. The van der Waals surface area contributed by atoms with Crippen LogP contribution >= 0.6 is 0 Å². The molecule has 1 aromatic carbocycles. The molecule has 0 aromatic heterocycles. The fraction of sp³-hybridized carbons (Fsp3) is 0.588. The highest BCUT2D eigenvalue weighted by Crippen LogP contribution is 2.35. The smallest absolute Gasteiger partial charge is 0.166 e. The minimum absolute atomic E-state index is 0.0812. The number of carbonyl (C=O) groups excluding carboxylic acids is 1. The summed E-state index contributed by atoms with van der Waals surface area (Å²) in [4.78, 5) is 15.2. The van der Waals surface area contributed by atoms with Crippen molar-refractivity contribution in [2.45, 2.75) is 24.9 Å². The van der Waals surface area contributed by atoms with Crippen molar-refractivity contribution in [3.63, 3.8) is 0 Å². The van der Waals surface area contributed by atoms with Gasteiger partial charge >= 0.3 is 0 Å². The molecule has 5 heteroatoms. The number of hydrogen-bond donors (Lipinski definition) is 0. The summed E-state index contributed by atoms with van der Waals surface area (Å²) in [5.41, 5.74) is 0.734. The highest BCUT2D eigenvalue weighted by Gasteiger charge is 2.39. The monoisotopic (exact) mass is 303 g/mol. The molecule has 2 atom stereocenters. The molecule has 0 radical (unpaired) electrons. The van der Waals surface area contributed by atoms with Gasteiger partial charge < -0.3 is 14.2 Å². The van der Waals surface area contributed by atoms with E-state index in [0.717, 1.165) is 37.4 Å². The average Bonchev–Trinajstić information content (AvgIpc) is 2.53. The minimum atomic E-state index is 0.0812. The Morgan fingerprint density at radius 2 is 1.77 bits per heavy atom. The molecule has 3 heterocycles. The van der Waals surface area contributed by atoms with Crippen molar-refractivity contribution < 1.29 is 19.0 Å². The van der Waals surface area contributed by atoms with E-state index in [1.165, 1.54) is 0 Å². The molecule has 2 fully saturated rings. The van der Waals surface area contributed by atoms with E-state index in [2.05, 4.69) is 11.9 Å². The third-order valence-corrected chi connectivity index (χ3v) is 5.08. The number of Topliss-reactive ketones (excluding diaryl/α,β-unsaturated/α-hetero) is 1. The van der Waals surface area contributed by atoms with E-state index in [-0.39, 0.29) is 11.7 Å². The van der Waals surface area contributed by atoms with Gasteiger partial charge in [0.1, 0.15) is 13.2 Å².